The van der Waals surface area contributed by atoms with E-state index >= 15 is 0 Å². The summed E-state index contributed by atoms with van der Waals surface area (Å²) in [6.07, 6.45) is 0.172. The van der Waals surface area contributed by atoms with Crippen molar-refractivity contribution in [3.8, 4) is 0 Å². The van der Waals surface area contributed by atoms with E-state index in [1.807, 2.05) is 0 Å². The number of anilines is 1. The molecule has 0 radical (unpaired) electrons. The van der Waals surface area contributed by atoms with Crippen LogP contribution in [0.25, 0.3) is 0 Å². The average molecular weight is 318 g/mol. The quantitative estimate of drug-likeness (QED) is 0.683. The minimum Gasteiger partial charge on any atom is -0.393 e. The summed E-state index contributed by atoms with van der Waals surface area (Å²) < 4.78 is 4.14. The molecule has 1 unspecified atom stereocenters. The molecule has 7 nitrogen and oxygen atoms in total. The predicted octanol–water partition coefficient (Wildman–Crippen LogP) is 1.20. The number of rotatable bonds is 6. The van der Waals surface area contributed by atoms with Crippen molar-refractivity contribution in [3.63, 3.8) is 0 Å². The molecule has 0 aliphatic rings. The van der Waals surface area contributed by atoms with Crippen molar-refractivity contribution < 1.29 is 14.7 Å². The van der Waals surface area contributed by atoms with Crippen LogP contribution in [0, 0.1) is 0 Å². The standard InChI is InChI=1S/C11H18N4O3S2/c1-6(16)4-5-19-10-7(8(12)17)9(20-14-10)13-11(18)15(2)3/h6,16H,4-5H2,1-3H3,(H2,12,17)(H,13,18). The van der Waals surface area contributed by atoms with Crippen molar-refractivity contribution in [3.05, 3.63) is 5.56 Å². The Labute approximate surface area is 125 Å². The summed E-state index contributed by atoms with van der Waals surface area (Å²) in [6.45, 7) is 1.69. The first-order valence-electron chi connectivity index (χ1n) is 5.91. The largest absolute Gasteiger partial charge is 0.393 e. The van der Waals surface area contributed by atoms with E-state index in [4.69, 9.17) is 5.73 Å². The van der Waals surface area contributed by atoms with Gasteiger partial charge in [-0.05, 0) is 24.9 Å². The van der Waals surface area contributed by atoms with Gasteiger partial charge < -0.3 is 15.7 Å². The SMILES string of the molecule is CC(O)CCSc1nsc(NC(=O)N(C)C)c1C(N)=O. The number of hydrogen-bond donors (Lipinski definition) is 3. The lowest BCUT2D eigenvalue weighted by atomic mass is 10.3. The van der Waals surface area contributed by atoms with Crippen LogP contribution in [-0.4, -0.2) is 52.3 Å². The van der Waals surface area contributed by atoms with E-state index in [0.717, 1.165) is 11.5 Å². The van der Waals surface area contributed by atoms with E-state index in [9.17, 15) is 14.7 Å². The number of nitrogens with zero attached hydrogens (tertiary/aromatic N) is 2. The molecule has 0 saturated heterocycles. The number of aliphatic hydroxyl groups excluding tert-OH is 1. The van der Waals surface area contributed by atoms with Crippen molar-refractivity contribution in [2.75, 3.05) is 25.2 Å². The number of urea groups is 1. The molecule has 0 bridgehead atoms. The molecule has 0 aromatic carbocycles. The third kappa shape index (κ3) is 4.66. The third-order valence-corrected chi connectivity index (χ3v) is 4.20. The number of carbonyl (C=O) groups excluding carboxylic acids is 2. The maximum absolute atomic E-state index is 11.6. The Kier molecular flexibility index (Phi) is 6.24. The maximum atomic E-state index is 11.6. The van der Waals surface area contributed by atoms with E-state index in [2.05, 4.69) is 9.69 Å². The third-order valence-electron chi connectivity index (χ3n) is 2.31. The zero-order valence-electron chi connectivity index (χ0n) is 11.5. The van der Waals surface area contributed by atoms with Gasteiger partial charge in [-0.25, -0.2) is 4.79 Å². The molecule has 1 heterocycles. The van der Waals surface area contributed by atoms with Gasteiger partial charge in [0.15, 0.2) is 0 Å². The Morgan fingerprint density at radius 3 is 2.70 bits per heavy atom. The molecule has 112 valence electrons. The molecule has 1 aromatic rings. The van der Waals surface area contributed by atoms with Crippen molar-refractivity contribution in [1.82, 2.24) is 9.27 Å². The van der Waals surface area contributed by atoms with Crippen LogP contribution in [0.3, 0.4) is 0 Å². The minimum absolute atomic E-state index is 0.223. The van der Waals surface area contributed by atoms with Crippen LogP contribution in [0.2, 0.25) is 0 Å². The summed E-state index contributed by atoms with van der Waals surface area (Å²) >= 11 is 2.35. The van der Waals surface area contributed by atoms with Gasteiger partial charge >= 0.3 is 6.03 Å². The van der Waals surface area contributed by atoms with Gasteiger partial charge in [-0.15, -0.1) is 11.8 Å². The fourth-order valence-electron chi connectivity index (χ4n) is 1.21. The van der Waals surface area contributed by atoms with Gasteiger partial charge in [0.1, 0.15) is 15.6 Å². The van der Waals surface area contributed by atoms with Crippen LogP contribution >= 0.6 is 23.3 Å². The molecule has 0 fully saturated rings. The summed E-state index contributed by atoms with van der Waals surface area (Å²) in [5.41, 5.74) is 5.57. The molecule has 1 aromatic heterocycles. The summed E-state index contributed by atoms with van der Waals surface area (Å²) in [7, 11) is 3.19. The van der Waals surface area contributed by atoms with Crippen LogP contribution in [0.1, 0.15) is 23.7 Å². The van der Waals surface area contributed by atoms with Crippen LogP contribution in [0.15, 0.2) is 5.03 Å². The molecule has 9 heteroatoms. The van der Waals surface area contributed by atoms with Gasteiger partial charge in [-0.2, -0.15) is 4.37 Å². The van der Waals surface area contributed by atoms with Gasteiger partial charge in [0, 0.05) is 19.8 Å². The lowest BCUT2D eigenvalue weighted by Gasteiger charge is -2.11. The normalized spacial score (nSPS) is 12.0. The zero-order valence-corrected chi connectivity index (χ0v) is 13.2. The predicted molar refractivity (Wildman–Crippen MR) is 80.4 cm³/mol. The van der Waals surface area contributed by atoms with Crippen LogP contribution in [0.4, 0.5) is 9.80 Å². The Morgan fingerprint density at radius 1 is 1.55 bits per heavy atom. The number of aromatic nitrogens is 1. The van der Waals surface area contributed by atoms with Gasteiger partial charge in [-0.3, -0.25) is 10.1 Å². The lowest BCUT2D eigenvalue weighted by molar-refractivity contribution is 0.0998. The first kappa shape index (κ1) is 16.7. The molecule has 0 saturated carbocycles. The number of carbonyl (C=O) groups is 2. The summed E-state index contributed by atoms with van der Waals surface area (Å²) in [6, 6.07) is -0.350. The minimum atomic E-state index is -0.632. The fourth-order valence-corrected chi connectivity index (χ4v) is 3.29. The van der Waals surface area contributed by atoms with Gasteiger partial charge in [-0.1, -0.05) is 0 Å². The van der Waals surface area contributed by atoms with Crippen molar-refractivity contribution in [2.45, 2.75) is 24.5 Å². The second-order valence-electron chi connectivity index (χ2n) is 4.37. The number of hydrogen-bond acceptors (Lipinski definition) is 6. The molecular weight excluding hydrogens is 300 g/mol. The van der Waals surface area contributed by atoms with Crippen LogP contribution in [-0.2, 0) is 0 Å². The highest BCUT2D eigenvalue weighted by molar-refractivity contribution is 7.99. The molecule has 1 atom stereocenters. The van der Waals surface area contributed by atoms with Crippen LogP contribution in [0.5, 0.6) is 0 Å². The smallest absolute Gasteiger partial charge is 0.321 e. The summed E-state index contributed by atoms with van der Waals surface area (Å²) in [5, 5.41) is 12.6. The van der Waals surface area contributed by atoms with E-state index in [0.29, 0.717) is 22.2 Å². The Morgan fingerprint density at radius 2 is 2.20 bits per heavy atom. The number of aliphatic hydroxyl groups is 1. The topological polar surface area (TPSA) is 109 Å². The van der Waals surface area contributed by atoms with Crippen molar-refractivity contribution in [1.29, 1.82) is 0 Å². The molecule has 0 aliphatic heterocycles. The molecule has 4 N–H and O–H groups in total. The van der Waals surface area contributed by atoms with Crippen LogP contribution < -0.4 is 11.1 Å². The second-order valence-corrected chi connectivity index (χ2v) is 6.22. The number of nitrogens with two attached hydrogens (primary N) is 1. The molecule has 0 aliphatic carbocycles. The highest BCUT2D eigenvalue weighted by Crippen LogP contribution is 2.32. The average Bonchev–Trinajstić information content (AvgIpc) is 2.71. The number of thioether (sulfide) groups is 1. The second kappa shape index (κ2) is 7.46. The molecule has 20 heavy (non-hydrogen) atoms. The monoisotopic (exact) mass is 318 g/mol. The fraction of sp³-hybridized carbons (Fsp3) is 0.545. The number of nitrogens with one attached hydrogen (secondary N) is 1. The summed E-state index contributed by atoms with van der Waals surface area (Å²) in [4.78, 5) is 24.5. The van der Waals surface area contributed by atoms with Crippen molar-refractivity contribution >= 4 is 40.2 Å². The first-order valence-corrected chi connectivity index (χ1v) is 7.67. The summed E-state index contributed by atoms with van der Waals surface area (Å²) in [5.74, 6) is -0.0182. The molecule has 0 spiro atoms. The van der Waals surface area contributed by atoms with E-state index in [1.54, 1.807) is 21.0 Å². The molecule has 1 rings (SSSR count). The number of amides is 3. The highest BCUT2D eigenvalue weighted by Gasteiger charge is 2.21. The Bertz CT molecular complexity index is 488. The maximum Gasteiger partial charge on any atom is 0.321 e. The molecule has 3 amide bonds. The zero-order chi connectivity index (χ0) is 15.3. The van der Waals surface area contributed by atoms with E-state index in [1.165, 1.54) is 16.7 Å². The first-order chi connectivity index (χ1) is 9.32. The van der Waals surface area contributed by atoms with E-state index in [-0.39, 0.29) is 11.6 Å². The number of primary amides is 1. The van der Waals surface area contributed by atoms with Gasteiger partial charge in [0.2, 0.25) is 0 Å². The Balaban J connectivity index is 2.84. The van der Waals surface area contributed by atoms with Gasteiger partial charge in [0.05, 0.1) is 6.10 Å². The van der Waals surface area contributed by atoms with Crippen molar-refractivity contribution in [2.24, 2.45) is 5.73 Å². The highest BCUT2D eigenvalue weighted by atomic mass is 32.2. The molecular formula is C11H18N4O3S2. The van der Waals surface area contributed by atoms with E-state index < -0.39 is 12.0 Å². The Hall–Kier alpha value is -1.32. The lowest BCUT2D eigenvalue weighted by Crippen LogP contribution is -2.28. The van der Waals surface area contributed by atoms with Gasteiger partial charge in [0.25, 0.3) is 5.91 Å².